The van der Waals surface area contributed by atoms with Crippen molar-refractivity contribution in [3.8, 4) is 0 Å². The van der Waals surface area contributed by atoms with Crippen LogP contribution < -0.4 is 15.5 Å². The van der Waals surface area contributed by atoms with Crippen molar-refractivity contribution in [1.82, 2.24) is 15.5 Å². The van der Waals surface area contributed by atoms with Gasteiger partial charge in [-0.2, -0.15) is 0 Å². The highest BCUT2D eigenvalue weighted by Crippen LogP contribution is 2.33. The lowest BCUT2D eigenvalue weighted by Crippen LogP contribution is -2.50. The van der Waals surface area contributed by atoms with Crippen molar-refractivity contribution in [3.05, 3.63) is 66.2 Å². The summed E-state index contributed by atoms with van der Waals surface area (Å²) in [6.45, 7) is 0.335. The van der Waals surface area contributed by atoms with Crippen molar-refractivity contribution in [3.63, 3.8) is 0 Å². The number of amides is 4. The predicted octanol–water partition coefficient (Wildman–Crippen LogP) is 3.11. The molecule has 1 atom stereocenters. The van der Waals surface area contributed by atoms with Crippen molar-refractivity contribution < 1.29 is 14.4 Å². The van der Waals surface area contributed by atoms with Crippen LogP contribution in [0.3, 0.4) is 0 Å². The Morgan fingerprint density at radius 2 is 1.67 bits per heavy atom. The molecule has 174 valence electrons. The quantitative estimate of drug-likeness (QED) is 0.608. The van der Waals surface area contributed by atoms with E-state index in [9.17, 15) is 14.4 Å². The predicted molar refractivity (Wildman–Crippen MR) is 128 cm³/mol. The lowest BCUT2D eigenvalue weighted by atomic mass is 9.82. The molecule has 33 heavy (non-hydrogen) atoms. The molecule has 0 radical (unpaired) electrons. The molecule has 0 bridgehead atoms. The summed E-state index contributed by atoms with van der Waals surface area (Å²) >= 11 is 0. The summed E-state index contributed by atoms with van der Waals surface area (Å²) in [5.74, 6) is -0.586. The molecule has 1 aliphatic carbocycles. The molecule has 0 unspecified atom stereocenters. The number of carbonyl (C=O) groups is 3. The Balaban J connectivity index is 1.43. The van der Waals surface area contributed by atoms with Gasteiger partial charge in [0.1, 0.15) is 12.1 Å². The maximum Gasteiger partial charge on any atom is 0.325 e. The van der Waals surface area contributed by atoms with Crippen molar-refractivity contribution >= 4 is 23.5 Å². The highest BCUT2D eigenvalue weighted by Gasteiger charge is 2.51. The highest BCUT2D eigenvalue weighted by atomic mass is 16.2. The fourth-order valence-corrected chi connectivity index (χ4v) is 4.91. The SMILES string of the molecule is CN(C[C@H](Cc1ccccc1)NC(=O)CN1C(=O)NC2(CCCCC2)C1=O)c1ccccc1. The molecule has 1 saturated heterocycles. The first kappa shape index (κ1) is 22.8. The molecular weight excluding hydrogens is 416 g/mol. The maximum absolute atomic E-state index is 13.0. The summed E-state index contributed by atoms with van der Waals surface area (Å²) in [5.41, 5.74) is 1.35. The number of benzene rings is 2. The Labute approximate surface area is 195 Å². The smallest absolute Gasteiger partial charge is 0.325 e. The summed E-state index contributed by atoms with van der Waals surface area (Å²) < 4.78 is 0. The van der Waals surface area contributed by atoms with Crippen LogP contribution in [0.4, 0.5) is 10.5 Å². The first-order chi connectivity index (χ1) is 16.0. The second-order valence-electron chi connectivity index (χ2n) is 9.13. The van der Waals surface area contributed by atoms with E-state index in [1.54, 1.807) is 0 Å². The number of rotatable bonds is 8. The summed E-state index contributed by atoms with van der Waals surface area (Å²) in [5, 5.41) is 5.94. The average molecular weight is 449 g/mol. The number of nitrogens with zero attached hydrogens (tertiary/aromatic N) is 2. The van der Waals surface area contributed by atoms with E-state index in [1.807, 2.05) is 67.7 Å². The van der Waals surface area contributed by atoms with Crippen molar-refractivity contribution in [2.24, 2.45) is 0 Å². The van der Waals surface area contributed by atoms with Crippen LogP contribution in [0.1, 0.15) is 37.7 Å². The molecule has 2 N–H and O–H groups in total. The van der Waals surface area contributed by atoms with Gasteiger partial charge >= 0.3 is 6.03 Å². The van der Waals surface area contributed by atoms with Gasteiger partial charge in [0.05, 0.1) is 6.04 Å². The van der Waals surface area contributed by atoms with E-state index in [0.717, 1.165) is 35.4 Å². The molecule has 7 nitrogen and oxygen atoms in total. The van der Waals surface area contributed by atoms with E-state index in [-0.39, 0.29) is 24.4 Å². The third-order valence-electron chi connectivity index (χ3n) is 6.64. The Kier molecular flexibility index (Phi) is 6.96. The summed E-state index contributed by atoms with van der Waals surface area (Å²) in [4.78, 5) is 41.7. The molecule has 0 aromatic heterocycles. The second kappa shape index (κ2) is 10.1. The molecule has 1 heterocycles. The van der Waals surface area contributed by atoms with Gasteiger partial charge in [0, 0.05) is 19.3 Å². The first-order valence-electron chi connectivity index (χ1n) is 11.7. The standard InChI is InChI=1S/C26H32N4O3/c1-29(22-13-7-3-8-14-22)18-21(17-20-11-5-2-6-12-20)27-23(31)19-30-24(32)26(28-25(30)33)15-9-4-10-16-26/h2-3,5-8,11-14,21H,4,9-10,15-19H2,1H3,(H,27,31)(H,28,33)/t21-/m0/s1. The van der Waals surface area contributed by atoms with Crippen molar-refractivity contribution in [2.45, 2.75) is 50.1 Å². The van der Waals surface area contributed by atoms with E-state index in [1.165, 1.54) is 0 Å². The van der Waals surface area contributed by atoms with Crippen LogP contribution >= 0.6 is 0 Å². The van der Waals surface area contributed by atoms with Crippen LogP contribution in [0.5, 0.6) is 0 Å². The van der Waals surface area contributed by atoms with Gasteiger partial charge in [-0.1, -0.05) is 67.8 Å². The molecule has 2 fully saturated rings. The lowest BCUT2D eigenvalue weighted by Gasteiger charge is -2.30. The number of carbonyl (C=O) groups excluding carboxylic acids is 3. The normalized spacial score (nSPS) is 18.2. The van der Waals surface area contributed by atoms with E-state index in [2.05, 4.69) is 15.5 Å². The van der Waals surface area contributed by atoms with Gasteiger partial charge in [0.15, 0.2) is 0 Å². The van der Waals surface area contributed by atoms with E-state index in [4.69, 9.17) is 0 Å². The van der Waals surface area contributed by atoms with Gasteiger partial charge in [-0.3, -0.25) is 14.5 Å². The topological polar surface area (TPSA) is 81.8 Å². The number of urea groups is 1. The zero-order valence-electron chi connectivity index (χ0n) is 19.1. The molecule has 1 spiro atoms. The Bertz CT molecular complexity index is 974. The molecule has 2 aromatic carbocycles. The largest absolute Gasteiger partial charge is 0.373 e. The zero-order valence-corrected chi connectivity index (χ0v) is 19.1. The van der Waals surface area contributed by atoms with Crippen LogP contribution in [0.15, 0.2) is 60.7 Å². The lowest BCUT2D eigenvalue weighted by molar-refractivity contribution is -0.136. The first-order valence-corrected chi connectivity index (χ1v) is 11.7. The molecule has 7 heteroatoms. The fourth-order valence-electron chi connectivity index (χ4n) is 4.91. The minimum atomic E-state index is -0.813. The number of imide groups is 1. The zero-order chi connectivity index (χ0) is 23.3. The number of likely N-dealkylation sites (N-methyl/N-ethyl adjacent to an activating group) is 1. The van der Waals surface area contributed by atoms with Crippen LogP contribution in [0.25, 0.3) is 0 Å². The second-order valence-corrected chi connectivity index (χ2v) is 9.13. The van der Waals surface area contributed by atoms with Gasteiger partial charge in [0.25, 0.3) is 5.91 Å². The molecule has 1 aliphatic heterocycles. The number of hydrogen-bond donors (Lipinski definition) is 2. The molecule has 4 amide bonds. The number of nitrogens with one attached hydrogen (secondary N) is 2. The number of hydrogen-bond acceptors (Lipinski definition) is 4. The van der Waals surface area contributed by atoms with Crippen LogP contribution in [0, 0.1) is 0 Å². The highest BCUT2D eigenvalue weighted by molar-refractivity contribution is 6.09. The third-order valence-corrected chi connectivity index (χ3v) is 6.64. The van der Waals surface area contributed by atoms with Crippen LogP contribution in [0.2, 0.25) is 0 Å². The minimum absolute atomic E-state index is 0.186. The Morgan fingerprint density at radius 3 is 2.33 bits per heavy atom. The van der Waals surface area contributed by atoms with Gasteiger partial charge in [-0.25, -0.2) is 4.79 Å². The molecule has 2 aliphatic rings. The monoisotopic (exact) mass is 448 g/mol. The van der Waals surface area contributed by atoms with Crippen LogP contribution in [-0.2, 0) is 16.0 Å². The summed E-state index contributed by atoms with van der Waals surface area (Å²) in [7, 11) is 1.99. The minimum Gasteiger partial charge on any atom is -0.373 e. The Morgan fingerprint density at radius 1 is 1.03 bits per heavy atom. The van der Waals surface area contributed by atoms with Gasteiger partial charge < -0.3 is 15.5 Å². The molecule has 4 rings (SSSR count). The van der Waals surface area contributed by atoms with Crippen molar-refractivity contribution in [2.75, 3.05) is 25.0 Å². The van der Waals surface area contributed by atoms with E-state index < -0.39 is 11.6 Å². The average Bonchev–Trinajstić information content (AvgIpc) is 3.04. The molecular formula is C26H32N4O3. The molecule has 2 aromatic rings. The van der Waals surface area contributed by atoms with Gasteiger partial charge in [-0.05, 0) is 37.0 Å². The summed E-state index contributed by atoms with van der Waals surface area (Å²) in [6, 6.07) is 19.3. The van der Waals surface area contributed by atoms with Gasteiger partial charge in [0.2, 0.25) is 5.91 Å². The summed E-state index contributed by atoms with van der Waals surface area (Å²) in [6.07, 6.45) is 4.84. The van der Waals surface area contributed by atoms with Crippen LogP contribution in [-0.4, -0.2) is 54.5 Å². The number of para-hydroxylation sites is 1. The third kappa shape index (κ3) is 5.35. The van der Waals surface area contributed by atoms with E-state index >= 15 is 0 Å². The molecule has 1 saturated carbocycles. The fraction of sp³-hybridized carbons (Fsp3) is 0.423. The Hall–Kier alpha value is -3.35. The van der Waals surface area contributed by atoms with Gasteiger partial charge in [-0.15, -0.1) is 0 Å². The van der Waals surface area contributed by atoms with E-state index in [0.29, 0.717) is 25.8 Å². The number of anilines is 1. The maximum atomic E-state index is 13.0. The van der Waals surface area contributed by atoms with Crippen molar-refractivity contribution in [1.29, 1.82) is 0 Å².